The molecule has 3 aromatic carbocycles. The average molecular weight is 657 g/mol. The van der Waals surface area contributed by atoms with Gasteiger partial charge in [-0.05, 0) is 18.9 Å². The minimum Gasteiger partial charge on any atom is -0.352 e. The van der Waals surface area contributed by atoms with Gasteiger partial charge < -0.3 is 5.32 Å². The van der Waals surface area contributed by atoms with Crippen molar-refractivity contribution in [3.8, 4) is 0 Å². The third-order valence-electron chi connectivity index (χ3n) is 7.25. The molecule has 0 radical (unpaired) electrons. The fourth-order valence-corrected chi connectivity index (χ4v) is 7.23. The summed E-state index contributed by atoms with van der Waals surface area (Å²) in [7, 11) is 0. The molecule has 1 aliphatic rings. The number of thioether (sulfide) groups is 2. The molecule has 16 heteroatoms. The second-order valence-electron chi connectivity index (χ2n) is 10.3. The normalized spacial score (nSPS) is 17.3. The van der Waals surface area contributed by atoms with Gasteiger partial charge in [-0.3, -0.25) is 40.0 Å². The lowest BCUT2D eigenvalue weighted by atomic mass is 9.74. The second kappa shape index (κ2) is 15.0. The Bertz CT molecular complexity index is 1530. The fraction of sp³-hybridized carbons (Fsp3) is 0.310. The third kappa shape index (κ3) is 8.55. The van der Waals surface area contributed by atoms with Crippen molar-refractivity contribution < 1.29 is 34.1 Å². The number of benzene rings is 3. The molecule has 4 rings (SSSR count). The van der Waals surface area contributed by atoms with E-state index in [4.69, 9.17) is 9.78 Å². The number of amides is 1. The third-order valence-corrected chi connectivity index (χ3v) is 10.2. The van der Waals surface area contributed by atoms with Gasteiger partial charge in [0.1, 0.15) is 6.61 Å². The van der Waals surface area contributed by atoms with E-state index in [0.717, 1.165) is 0 Å². The lowest BCUT2D eigenvalue weighted by Crippen LogP contribution is -2.68. The predicted octanol–water partition coefficient (Wildman–Crippen LogP) is 5.52. The largest absolute Gasteiger partial charge is 0.352 e. The van der Waals surface area contributed by atoms with Gasteiger partial charge in [-0.2, -0.15) is 4.89 Å². The Kier molecular flexibility index (Phi) is 11.1. The van der Waals surface area contributed by atoms with E-state index in [2.05, 4.69) is 5.32 Å². The van der Waals surface area contributed by atoms with E-state index < -0.39 is 32.2 Å². The summed E-state index contributed by atoms with van der Waals surface area (Å²) >= 11 is 2.84. The van der Waals surface area contributed by atoms with Gasteiger partial charge in [0.05, 0.1) is 31.2 Å². The van der Waals surface area contributed by atoms with Crippen LogP contribution >= 0.6 is 23.5 Å². The number of nitrogens with one attached hydrogen (secondary N) is 1. The molecule has 0 bridgehead atoms. The van der Waals surface area contributed by atoms with Crippen molar-refractivity contribution in [2.75, 3.05) is 6.61 Å². The summed E-state index contributed by atoms with van der Waals surface area (Å²) in [6.45, 7) is 1.42. The molecule has 1 N–H and O–H groups in total. The van der Waals surface area contributed by atoms with Crippen LogP contribution in [0, 0.1) is 35.8 Å². The first-order valence-corrected chi connectivity index (χ1v) is 15.6. The van der Waals surface area contributed by atoms with E-state index in [0.29, 0.717) is 34.6 Å². The molecule has 2 atom stereocenters. The van der Waals surface area contributed by atoms with Gasteiger partial charge in [-0.15, -0.1) is 23.5 Å². The van der Waals surface area contributed by atoms with Crippen LogP contribution < -0.4 is 5.32 Å². The Labute approximate surface area is 265 Å². The number of β-lactam (4-membered cyclic amide) rings is 1. The number of nitro benzene ring substituents is 3. The molecular formula is C29H28N4O10S2. The number of hydrogen-bond donors (Lipinski definition) is 1. The SMILES string of the molecule is CC1(COOC(=O)Cc2ccc([N+](=O)[O-])cc2)C(=O)NC1CC(SCc1ccccc1[N+](=O)[O-])SCc1ccccc1[N+](=O)[O-]. The van der Waals surface area contributed by atoms with Crippen molar-refractivity contribution in [2.45, 2.75) is 41.9 Å². The van der Waals surface area contributed by atoms with Crippen LogP contribution in [0.4, 0.5) is 17.1 Å². The van der Waals surface area contributed by atoms with E-state index in [1.165, 1.54) is 59.9 Å². The molecule has 1 saturated heterocycles. The Balaban J connectivity index is 1.40. The number of rotatable bonds is 16. The van der Waals surface area contributed by atoms with Gasteiger partial charge in [0.15, 0.2) is 0 Å². The monoisotopic (exact) mass is 656 g/mol. The number of nitrogens with zero attached hydrogens (tertiary/aromatic N) is 3. The van der Waals surface area contributed by atoms with Crippen molar-refractivity contribution in [1.29, 1.82) is 0 Å². The van der Waals surface area contributed by atoms with Crippen LogP contribution in [-0.4, -0.2) is 43.9 Å². The molecule has 1 fully saturated rings. The summed E-state index contributed by atoms with van der Waals surface area (Å²) in [5.74, 6) is -0.480. The van der Waals surface area contributed by atoms with Crippen LogP contribution in [0.3, 0.4) is 0 Å². The van der Waals surface area contributed by atoms with E-state index in [1.54, 1.807) is 43.3 Å². The minimum atomic E-state index is -1.06. The zero-order valence-corrected chi connectivity index (χ0v) is 25.5. The first-order chi connectivity index (χ1) is 21.5. The molecule has 3 aromatic rings. The lowest BCUT2D eigenvalue weighted by Gasteiger charge is -2.46. The summed E-state index contributed by atoms with van der Waals surface area (Å²) in [6.07, 6.45) is 0.190. The van der Waals surface area contributed by atoms with Crippen LogP contribution in [0.2, 0.25) is 0 Å². The van der Waals surface area contributed by atoms with Gasteiger partial charge in [0.25, 0.3) is 17.1 Å². The molecule has 0 aliphatic carbocycles. The molecule has 1 heterocycles. The summed E-state index contributed by atoms with van der Waals surface area (Å²) in [5.41, 5.74) is 0.312. The predicted molar refractivity (Wildman–Crippen MR) is 166 cm³/mol. The van der Waals surface area contributed by atoms with Crippen molar-refractivity contribution in [1.82, 2.24) is 5.32 Å². The maximum absolute atomic E-state index is 12.6. The molecule has 2 unspecified atom stereocenters. The fourth-order valence-electron chi connectivity index (χ4n) is 4.56. The van der Waals surface area contributed by atoms with Gasteiger partial charge in [-0.25, -0.2) is 4.79 Å². The zero-order chi connectivity index (χ0) is 32.6. The van der Waals surface area contributed by atoms with Gasteiger partial charge >= 0.3 is 5.97 Å². The Hall–Kier alpha value is -4.54. The highest BCUT2D eigenvalue weighted by Gasteiger charge is 2.52. The second-order valence-corrected chi connectivity index (χ2v) is 13.0. The first kappa shape index (κ1) is 33.4. The quantitative estimate of drug-likeness (QED) is 0.0668. The summed E-state index contributed by atoms with van der Waals surface area (Å²) in [5, 5.41) is 36.7. The average Bonchev–Trinajstić information content (AvgIpc) is 3.02. The van der Waals surface area contributed by atoms with Crippen molar-refractivity contribution in [3.63, 3.8) is 0 Å². The molecule has 0 aromatic heterocycles. The lowest BCUT2D eigenvalue weighted by molar-refractivity contribution is -0.385. The topological polar surface area (TPSA) is 194 Å². The zero-order valence-electron chi connectivity index (χ0n) is 23.9. The molecule has 1 amide bonds. The Morgan fingerprint density at radius 1 is 0.867 bits per heavy atom. The summed E-state index contributed by atoms with van der Waals surface area (Å²) in [6, 6.07) is 17.8. The summed E-state index contributed by atoms with van der Waals surface area (Å²) in [4.78, 5) is 67.4. The molecule has 0 spiro atoms. The van der Waals surface area contributed by atoms with Gasteiger partial charge in [-0.1, -0.05) is 48.5 Å². The van der Waals surface area contributed by atoms with Crippen LogP contribution in [-0.2, 0) is 37.3 Å². The number of non-ortho nitro benzene ring substituents is 1. The smallest absolute Gasteiger partial charge is 0.346 e. The molecule has 236 valence electrons. The van der Waals surface area contributed by atoms with Gasteiger partial charge in [0.2, 0.25) is 5.91 Å². The highest BCUT2D eigenvalue weighted by atomic mass is 32.2. The number of carbonyl (C=O) groups excluding carboxylic acids is 2. The molecular weight excluding hydrogens is 628 g/mol. The highest BCUT2D eigenvalue weighted by molar-refractivity contribution is 8.16. The highest BCUT2D eigenvalue weighted by Crippen LogP contribution is 2.41. The molecule has 14 nitrogen and oxygen atoms in total. The minimum absolute atomic E-state index is 0.0156. The van der Waals surface area contributed by atoms with Gasteiger partial charge in [0, 0.05) is 52.9 Å². The number of carbonyl (C=O) groups is 2. The summed E-state index contributed by atoms with van der Waals surface area (Å²) < 4.78 is -0.251. The van der Waals surface area contributed by atoms with E-state index in [1.807, 2.05) is 0 Å². The van der Waals surface area contributed by atoms with Crippen LogP contribution in [0.1, 0.15) is 30.0 Å². The maximum atomic E-state index is 12.6. The van der Waals surface area contributed by atoms with Crippen molar-refractivity contribution >= 4 is 52.5 Å². The van der Waals surface area contributed by atoms with E-state index in [-0.39, 0.29) is 40.6 Å². The molecule has 0 saturated carbocycles. The van der Waals surface area contributed by atoms with Crippen LogP contribution in [0.25, 0.3) is 0 Å². The van der Waals surface area contributed by atoms with Crippen LogP contribution in [0.15, 0.2) is 72.8 Å². The van der Waals surface area contributed by atoms with E-state index >= 15 is 0 Å². The van der Waals surface area contributed by atoms with E-state index in [9.17, 15) is 39.9 Å². The Morgan fingerprint density at radius 3 is 1.89 bits per heavy atom. The number of hydrogen-bond acceptors (Lipinski definition) is 12. The molecule has 1 aliphatic heterocycles. The Morgan fingerprint density at radius 2 is 1.40 bits per heavy atom. The van der Waals surface area contributed by atoms with Crippen molar-refractivity contribution in [2.24, 2.45) is 5.41 Å². The number of nitro groups is 3. The van der Waals surface area contributed by atoms with Crippen molar-refractivity contribution in [3.05, 3.63) is 120 Å². The maximum Gasteiger partial charge on any atom is 0.346 e. The standard InChI is InChI=1S/C29H28N4O10S2/c1-29(18-42-43-26(34)14-19-10-12-22(13-11-19)31(36)37)25(30-28(29)35)15-27(44-16-20-6-2-4-8-23(20)32(38)39)45-17-21-7-3-5-9-24(21)33(40)41/h2-13,25,27H,14-18H2,1H3,(H,30,35). The first-order valence-electron chi connectivity index (χ1n) is 13.5. The number of para-hydroxylation sites is 2. The van der Waals surface area contributed by atoms with Crippen LogP contribution in [0.5, 0.6) is 0 Å². The molecule has 45 heavy (non-hydrogen) atoms.